The van der Waals surface area contributed by atoms with Crippen molar-refractivity contribution < 1.29 is 47.7 Å². The Hall–Kier alpha value is -7.04. The largest absolute Gasteiger partial charge is 0.382 e. The molecule has 7 rings (SSSR count). The third-order valence-electron chi connectivity index (χ3n) is 12.4. The maximum atomic E-state index is 14.0. The van der Waals surface area contributed by atoms with Crippen molar-refractivity contribution >= 4 is 63.7 Å². The lowest BCUT2D eigenvalue weighted by atomic mass is 9.70. The van der Waals surface area contributed by atoms with E-state index in [1.165, 1.54) is 6.21 Å². The average molecular weight is 929 g/mol. The van der Waals surface area contributed by atoms with Crippen LogP contribution in [0.15, 0.2) is 54.7 Å². The molecule has 18 nitrogen and oxygen atoms in total. The van der Waals surface area contributed by atoms with Crippen LogP contribution in [0.1, 0.15) is 98.2 Å². The van der Waals surface area contributed by atoms with Gasteiger partial charge in [0.1, 0.15) is 6.04 Å². The second-order valence-electron chi connectivity index (χ2n) is 17.1. The lowest BCUT2D eigenvalue weighted by Gasteiger charge is -2.33. The highest BCUT2D eigenvalue weighted by Crippen LogP contribution is 2.45. The molecule has 3 aromatic carbocycles. The fourth-order valence-electron chi connectivity index (χ4n) is 8.74. The van der Waals surface area contributed by atoms with Gasteiger partial charge in [0.05, 0.1) is 87.7 Å². The van der Waals surface area contributed by atoms with E-state index in [4.69, 9.17) is 24.4 Å². The van der Waals surface area contributed by atoms with Crippen LogP contribution in [0.2, 0.25) is 0 Å². The predicted molar refractivity (Wildman–Crippen MR) is 252 cm³/mol. The lowest BCUT2D eigenvalue weighted by Crippen LogP contribution is -2.54. The molecule has 18 heteroatoms. The smallest absolute Gasteiger partial charge is 0.264 e. The van der Waals surface area contributed by atoms with Gasteiger partial charge in [0, 0.05) is 77.8 Å². The second-order valence-corrected chi connectivity index (χ2v) is 17.1. The number of nitriles is 1. The summed E-state index contributed by atoms with van der Waals surface area (Å²) in [6.07, 6.45) is 3.67. The summed E-state index contributed by atoms with van der Waals surface area (Å²) in [5.41, 5.74) is 6.66. The molecule has 0 saturated carbocycles. The fraction of sp³-hybridized carbons (Fsp3) is 0.400. The molecular formula is C50H56N8O10. The van der Waals surface area contributed by atoms with Crippen LogP contribution >= 0.6 is 0 Å². The van der Waals surface area contributed by atoms with Gasteiger partial charge in [-0.25, -0.2) is 0 Å². The summed E-state index contributed by atoms with van der Waals surface area (Å²) in [5, 5.41) is 26.9. The van der Waals surface area contributed by atoms with Crippen LogP contribution in [0, 0.1) is 16.7 Å². The van der Waals surface area contributed by atoms with E-state index in [2.05, 4.69) is 40.9 Å². The van der Waals surface area contributed by atoms with Crippen molar-refractivity contribution in [2.75, 3.05) is 84.9 Å². The van der Waals surface area contributed by atoms with E-state index in [0.29, 0.717) is 100 Å². The maximum absolute atomic E-state index is 14.0. The second kappa shape index (κ2) is 21.7. The number of anilines is 1. The Morgan fingerprint density at radius 1 is 0.926 bits per heavy atom. The van der Waals surface area contributed by atoms with Gasteiger partial charge in [0.2, 0.25) is 17.7 Å². The normalized spacial score (nSPS) is 16.3. The van der Waals surface area contributed by atoms with Crippen LogP contribution in [0.3, 0.4) is 0 Å². The number of hydrogen-bond donors (Lipinski definition) is 5. The van der Waals surface area contributed by atoms with Crippen molar-refractivity contribution in [1.29, 1.82) is 10.7 Å². The van der Waals surface area contributed by atoms with E-state index >= 15 is 0 Å². The number of carbonyl (C=O) groups is 6. The van der Waals surface area contributed by atoms with Crippen LogP contribution in [-0.4, -0.2) is 142 Å². The van der Waals surface area contributed by atoms with E-state index in [1.807, 2.05) is 25.1 Å². The molecule has 0 radical (unpaired) electrons. The molecule has 5 amide bonds. The van der Waals surface area contributed by atoms with Gasteiger partial charge in [-0.2, -0.15) is 5.26 Å². The summed E-state index contributed by atoms with van der Waals surface area (Å²) in [4.78, 5) is 83.1. The SMILES string of the molecule is CCc1cc2c(cc1/C(C=N)=C/NCC(=O)N(C)CCOCCOCCOCCOCCNc1cccc3c1C(=O)N(C1CCC(=O)NC1=O)C3=O)C(C)(C)c1[nH]c3cc(C#N)ccc3c1C2=O. The number of hydrogen-bond acceptors (Lipinski definition) is 14. The molecule has 68 heavy (non-hydrogen) atoms. The van der Waals surface area contributed by atoms with E-state index in [0.717, 1.165) is 38.2 Å². The van der Waals surface area contributed by atoms with Crippen LogP contribution in [0.25, 0.3) is 16.5 Å². The topological polar surface area (TPSA) is 245 Å². The van der Waals surface area contributed by atoms with Crippen molar-refractivity contribution in [3.05, 3.63) is 105 Å². The number of aromatic nitrogens is 1. The molecule has 5 N–H and O–H groups in total. The van der Waals surface area contributed by atoms with Crippen molar-refractivity contribution in [3.8, 4) is 6.07 Å². The van der Waals surface area contributed by atoms with Crippen molar-refractivity contribution in [2.24, 2.45) is 0 Å². The van der Waals surface area contributed by atoms with Gasteiger partial charge < -0.3 is 44.9 Å². The highest BCUT2D eigenvalue weighted by Gasteiger charge is 2.46. The van der Waals surface area contributed by atoms with Gasteiger partial charge in [0.15, 0.2) is 5.78 Å². The number of aromatic amines is 1. The zero-order valence-corrected chi connectivity index (χ0v) is 38.7. The first kappa shape index (κ1) is 48.9. The molecule has 0 spiro atoms. The molecule has 356 valence electrons. The first-order valence-corrected chi connectivity index (χ1v) is 22.7. The van der Waals surface area contributed by atoms with E-state index in [1.54, 1.807) is 48.5 Å². The Morgan fingerprint density at radius 3 is 2.31 bits per heavy atom. The zero-order chi connectivity index (χ0) is 48.5. The first-order chi connectivity index (χ1) is 32.8. The molecule has 1 atom stereocenters. The molecule has 1 aromatic heterocycles. The van der Waals surface area contributed by atoms with Crippen molar-refractivity contribution in [1.82, 2.24) is 25.4 Å². The molecule has 3 heterocycles. The monoisotopic (exact) mass is 928 g/mol. The number of imide groups is 2. The number of allylic oxidation sites excluding steroid dienone is 1. The summed E-state index contributed by atoms with van der Waals surface area (Å²) in [6.45, 7) is 9.57. The molecule has 1 saturated heterocycles. The van der Waals surface area contributed by atoms with E-state index in [-0.39, 0.29) is 42.2 Å². The number of H-pyrrole nitrogens is 1. The van der Waals surface area contributed by atoms with Crippen LogP contribution in [-0.2, 0) is 45.2 Å². The average Bonchev–Trinajstić information content (AvgIpc) is 3.85. The predicted octanol–water partition coefficient (Wildman–Crippen LogP) is 4.09. The number of benzene rings is 3. The van der Waals surface area contributed by atoms with Gasteiger partial charge in [-0.15, -0.1) is 0 Å². The molecule has 0 bridgehead atoms. The molecular weight excluding hydrogens is 873 g/mol. The summed E-state index contributed by atoms with van der Waals surface area (Å²) >= 11 is 0. The minimum Gasteiger partial charge on any atom is -0.382 e. The summed E-state index contributed by atoms with van der Waals surface area (Å²) in [7, 11) is 1.69. The Kier molecular flexibility index (Phi) is 15.6. The number of amides is 5. The van der Waals surface area contributed by atoms with Crippen LogP contribution in [0.4, 0.5) is 5.69 Å². The van der Waals surface area contributed by atoms with Gasteiger partial charge >= 0.3 is 0 Å². The van der Waals surface area contributed by atoms with Gasteiger partial charge in [-0.3, -0.25) is 39.0 Å². The number of carbonyl (C=O) groups excluding carboxylic acids is 6. The van der Waals surface area contributed by atoms with E-state index in [9.17, 15) is 34.0 Å². The molecule has 3 aliphatic rings. The Balaban J connectivity index is 0.753. The van der Waals surface area contributed by atoms with Crippen LogP contribution in [0.5, 0.6) is 0 Å². The Labute approximate surface area is 393 Å². The maximum Gasteiger partial charge on any atom is 0.264 e. The quantitative estimate of drug-likeness (QED) is 0.0400. The number of piperidine rings is 1. The molecule has 1 fully saturated rings. The van der Waals surface area contributed by atoms with Crippen molar-refractivity contribution in [3.63, 3.8) is 0 Å². The third-order valence-corrected chi connectivity index (χ3v) is 12.4. The number of nitrogens with zero attached hydrogens (tertiary/aromatic N) is 3. The molecule has 1 unspecified atom stereocenters. The van der Waals surface area contributed by atoms with Gasteiger partial charge in [-0.1, -0.05) is 32.9 Å². The van der Waals surface area contributed by atoms with Crippen LogP contribution < -0.4 is 16.0 Å². The number of aryl methyl sites for hydroxylation is 1. The summed E-state index contributed by atoms with van der Waals surface area (Å²) in [6, 6.07) is 15.2. The van der Waals surface area contributed by atoms with E-state index < -0.39 is 35.1 Å². The number of ketones is 1. The molecule has 2 aliphatic heterocycles. The Bertz CT molecular complexity index is 2720. The van der Waals surface area contributed by atoms with Gasteiger partial charge in [0.25, 0.3) is 11.8 Å². The number of rotatable bonds is 23. The number of ether oxygens (including phenoxy) is 4. The summed E-state index contributed by atoms with van der Waals surface area (Å²) < 4.78 is 22.4. The zero-order valence-electron chi connectivity index (χ0n) is 38.7. The number of fused-ring (bicyclic) bond motifs is 5. The highest BCUT2D eigenvalue weighted by molar-refractivity contribution is 6.25. The van der Waals surface area contributed by atoms with Gasteiger partial charge in [-0.05, 0) is 65.9 Å². The minimum absolute atomic E-state index is 0.00758. The molecule has 4 aromatic rings. The Morgan fingerprint density at radius 2 is 1.63 bits per heavy atom. The lowest BCUT2D eigenvalue weighted by molar-refractivity contribution is -0.136. The number of likely N-dealkylation sites (N-methyl/N-ethyl adjacent to an activating group) is 1. The standard InChI is InChI=1S/C50H56N8O10/c1-5-31-24-36-37(50(2,3)46-44(45(36)61)33-10-9-30(26-51)23-39(33)55-46)25-35(31)32(27-52)28-53-29-42(60)57(4)14-16-66-18-20-68-22-21-67-19-17-65-15-13-54-38-8-6-7-34-43(38)49(64)58(48(34)63)40-11-12-41(59)56-47(40)62/h6-10,23-25,27-28,40,52-55H,5,11-22,29H2,1-4H3,(H,56,59,62)/b32-28+,52-27?. The van der Waals surface area contributed by atoms with Crippen molar-refractivity contribution in [2.45, 2.75) is 51.5 Å². The third kappa shape index (κ3) is 10.3. The number of nitrogens with one attached hydrogen (secondary N) is 5. The summed E-state index contributed by atoms with van der Waals surface area (Å²) in [5.74, 6) is -2.47. The molecule has 1 aliphatic carbocycles. The first-order valence-electron chi connectivity index (χ1n) is 22.7. The minimum atomic E-state index is -1.03. The fourth-order valence-corrected chi connectivity index (χ4v) is 8.74. The highest BCUT2D eigenvalue weighted by atomic mass is 16.6.